The van der Waals surface area contributed by atoms with Gasteiger partial charge in [-0.15, -0.1) is 0 Å². The predicted octanol–water partition coefficient (Wildman–Crippen LogP) is 3.13. The van der Waals surface area contributed by atoms with Gasteiger partial charge in [-0.25, -0.2) is 0 Å². The van der Waals surface area contributed by atoms with E-state index in [0.29, 0.717) is 0 Å². The summed E-state index contributed by atoms with van der Waals surface area (Å²) in [6.45, 7) is 0. The summed E-state index contributed by atoms with van der Waals surface area (Å²) >= 11 is 5.31. The van der Waals surface area contributed by atoms with Crippen molar-refractivity contribution in [2.75, 3.05) is 0 Å². The van der Waals surface area contributed by atoms with Crippen molar-refractivity contribution in [1.29, 1.82) is 0 Å². The third-order valence-corrected chi connectivity index (χ3v) is 2.25. The summed E-state index contributed by atoms with van der Waals surface area (Å²) in [6.07, 6.45) is -4.73. The molecule has 0 spiro atoms. The number of rotatable bonds is 2. The Morgan fingerprint density at radius 1 is 1.28 bits per heavy atom. The number of carbonyl (C=O) groups is 1. The lowest BCUT2D eigenvalue weighted by Gasteiger charge is -2.00. The zero-order valence-electron chi connectivity index (χ0n) is 8.53. The molecule has 0 fully saturated rings. The fourth-order valence-corrected chi connectivity index (χ4v) is 1.46. The molecule has 0 atom stereocenters. The molecule has 0 radical (unpaired) electrons. The lowest BCUT2D eigenvalue weighted by Crippen LogP contribution is -2.05. The molecule has 18 heavy (non-hydrogen) atoms. The maximum absolute atomic E-state index is 12.3. The van der Waals surface area contributed by atoms with Crippen LogP contribution < -0.4 is 0 Å². The highest BCUT2D eigenvalue weighted by atomic mass is 35.5. The van der Waals surface area contributed by atoms with E-state index in [1.54, 1.807) is 0 Å². The van der Waals surface area contributed by atoms with Crippen LogP contribution in [0.2, 0.25) is 0 Å². The Balaban J connectivity index is 2.50. The Kier molecular flexibility index (Phi) is 3.08. The van der Waals surface area contributed by atoms with Crippen LogP contribution in [0.3, 0.4) is 0 Å². The van der Waals surface area contributed by atoms with Crippen LogP contribution in [-0.4, -0.2) is 15.4 Å². The Bertz CT molecular complexity index is 595. The molecule has 1 aromatic heterocycles. The van der Waals surface area contributed by atoms with Gasteiger partial charge in [0.1, 0.15) is 0 Å². The smallest absolute Gasteiger partial charge is 0.329 e. The summed E-state index contributed by atoms with van der Waals surface area (Å²) < 4.78 is 40.9. The van der Waals surface area contributed by atoms with E-state index < -0.39 is 17.3 Å². The number of carbonyl (C=O) groups excluding carboxylic acids is 1. The second-order valence-corrected chi connectivity index (χ2v) is 3.58. The number of hydrogen-bond donors (Lipinski definition) is 0. The van der Waals surface area contributed by atoms with Crippen molar-refractivity contribution in [3.63, 3.8) is 0 Å². The molecule has 0 bridgehead atoms. The van der Waals surface area contributed by atoms with E-state index in [1.807, 2.05) is 0 Å². The number of halogens is 4. The number of benzene rings is 1. The molecule has 4 nitrogen and oxygen atoms in total. The van der Waals surface area contributed by atoms with Gasteiger partial charge >= 0.3 is 12.1 Å². The summed E-state index contributed by atoms with van der Waals surface area (Å²) in [6, 6.07) is 5.76. The first-order valence-electron chi connectivity index (χ1n) is 4.59. The minimum atomic E-state index is -4.73. The number of aromatic nitrogens is 2. The molecular weight excluding hydrogens is 273 g/mol. The van der Waals surface area contributed by atoms with Gasteiger partial charge in [-0.2, -0.15) is 18.2 Å². The topological polar surface area (TPSA) is 56.0 Å². The van der Waals surface area contributed by atoms with Crippen molar-refractivity contribution in [2.24, 2.45) is 0 Å². The van der Waals surface area contributed by atoms with E-state index in [1.165, 1.54) is 24.3 Å². The van der Waals surface area contributed by atoms with Gasteiger partial charge in [0.15, 0.2) is 0 Å². The van der Waals surface area contributed by atoms with Gasteiger partial charge in [0.05, 0.1) is 0 Å². The monoisotopic (exact) mass is 276 g/mol. The summed E-state index contributed by atoms with van der Waals surface area (Å²) in [5.74, 6) is -1.82. The van der Waals surface area contributed by atoms with Gasteiger partial charge in [0.25, 0.3) is 5.24 Å². The Hall–Kier alpha value is -1.89. The van der Waals surface area contributed by atoms with Crippen LogP contribution in [0, 0.1) is 0 Å². The zero-order valence-corrected chi connectivity index (χ0v) is 9.29. The molecule has 94 valence electrons. The minimum absolute atomic E-state index is 0.00805. The molecule has 1 aromatic carbocycles. The minimum Gasteiger partial charge on any atom is -0.329 e. The Morgan fingerprint density at radius 3 is 2.50 bits per heavy atom. The molecule has 0 aliphatic carbocycles. The van der Waals surface area contributed by atoms with E-state index in [0.717, 1.165) is 0 Å². The third-order valence-electron chi connectivity index (χ3n) is 2.05. The van der Waals surface area contributed by atoms with Gasteiger partial charge < -0.3 is 4.52 Å². The van der Waals surface area contributed by atoms with E-state index in [4.69, 9.17) is 11.6 Å². The van der Waals surface area contributed by atoms with Gasteiger partial charge in [-0.3, -0.25) is 4.79 Å². The normalized spacial score (nSPS) is 11.6. The Labute approximate surface area is 103 Å². The summed E-state index contributed by atoms with van der Waals surface area (Å²) in [5, 5.41) is 2.36. The fourth-order valence-electron chi connectivity index (χ4n) is 1.30. The van der Waals surface area contributed by atoms with Crippen molar-refractivity contribution in [1.82, 2.24) is 10.1 Å². The van der Waals surface area contributed by atoms with Crippen molar-refractivity contribution in [3.8, 4) is 11.4 Å². The SMILES string of the molecule is O=C(Cl)c1ccccc1-c1noc(C(F)(F)F)n1. The van der Waals surface area contributed by atoms with Crippen LogP contribution in [0.25, 0.3) is 11.4 Å². The fraction of sp³-hybridized carbons (Fsp3) is 0.100. The molecule has 2 rings (SSSR count). The first-order chi connectivity index (χ1) is 8.39. The molecule has 2 aromatic rings. The molecule has 0 amide bonds. The second-order valence-electron chi connectivity index (χ2n) is 3.24. The van der Waals surface area contributed by atoms with Gasteiger partial charge in [-0.1, -0.05) is 23.4 Å². The average molecular weight is 277 g/mol. The standard InChI is InChI=1S/C10H4ClF3N2O2/c11-7(17)5-3-1-2-4-6(5)8-15-9(18-16-8)10(12,13)14/h1-4H. The molecule has 8 heteroatoms. The van der Waals surface area contributed by atoms with E-state index in [-0.39, 0.29) is 17.0 Å². The molecule has 0 aliphatic heterocycles. The summed E-state index contributed by atoms with van der Waals surface area (Å²) in [7, 11) is 0. The van der Waals surface area contributed by atoms with Crippen LogP contribution in [-0.2, 0) is 6.18 Å². The lowest BCUT2D eigenvalue weighted by atomic mass is 10.1. The third kappa shape index (κ3) is 2.35. The first kappa shape index (κ1) is 12.6. The molecule has 0 saturated heterocycles. The average Bonchev–Trinajstić information content (AvgIpc) is 2.77. The van der Waals surface area contributed by atoms with Crippen LogP contribution >= 0.6 is 11.6 Å². The van der Waals surface area contributed by atoms with Crippen molar-refractivity contribution in [2.45, 2.75) is 6.18 Å². The maximum Gasteiger partial charge on any atom is 0.471 e. The number of alkyl halides is 3. The lowest BCUT2D eigenvalue weighted by molar-refractivity contribution is -0.159. The second kappa shape index (κ2) is 4.41. The van der Waals surface area contributed by atoms with Crippen LogP contribution in [0.4, 0.5) is 13.2 Å². The van der Waals surface area contributed by atoms with Crippen LogP contribution in [0.5, 0.6) is 0 Å². The molecular formula is C10H4ClF3N2O2. The van der Waals surface area contributed by atoms with E-state index in [9.17, 15) is 18.0 Å². The Morgan fingerprint density at radius 2 is 1.94 bits per heavy atom. The van der Waals surface area contributed by atoms with Gasteiger partial charge in [-0.05, 0) is 17.7 Å². The van der Waals surface area contributed by atoms with E-state index in [2.05, 4.69) is 14.7 Å². The van der Waals surface area contributed by atoms with Crippen molar-refractivity contribution >= 4 is 16.8 Å². The highest BCUT2D eigenvalue weighted by Crippen LogP contribution is 2.30. The highest BCUT2D eigenvalue weighted by molar-refractivity contribution is 6.68. The van der Waals surface area contributed by atoms with E-state index >= 15 is 0 Å². The van der Waals surface area contributed by atoms with Crippen LogP contribution in [0.1, 0.15) is 16.2 Å². The number of hydrogen-bond acceptors (Lipinski definition) is 4. The molecule has 0 saturated carbocycles. The molecule has 0 aliphatic rings. The zero-order chi connectivity index (χ0) is 13.3. The largest absolute Gasteiger partial charge is 0.471 e. The highest BCUT2D eigenvalue weighted by Gasteiger charge is 2.38. The summed E-state index contributed by atoms with van der Waals surface area (Å²) in [5.41, 5.74) is 0.0884. The van der Waals surface area contributed by atoms with Crippen molar-refractivity contribution in [3.05, 3.63) is 35.7 Å². The molecule has 0 unspecified atom stereocenters. The van der Waals surface area contributed by atoms with Crippen LogP contribution in [0.15, 0.2) is 28.8 Å². The molecule has 0 N–H and O–H groups in total. The van der Waals surface area contributed by atoms with Crippen molar-refractivity contribution < 1.29 is 22.5 Å². The predicted molar refractivity (Wildman–Crippen MR) is 54.9 cm³/mol. The quantitative estimate of drug-likeness (QED) is 0.791. The van der Waals surface area contributed by atoms with Gasteiger partial charge in [0.2, 0.25) is 5.82 Å². The number of nitrogens with zero attached hydrogens (tertiary/aromatic N) is 2. The maximum atomic E-state index is 12.3. The van der Waals surface area contributed by atoms with Gasteiger partial charge in [0, 0.05) is 11.1 Å². The molecule has 1 heterocycles. The first-order valence-corrected chi connectivity index (χ1v) is 4.97. The summed E-state index contributed by atoms with van der Waals surface area (Å²) in [4.78, 5) is 14.3.